The van der Waals surface area contributed by atoms with Gasteiger partial charge in [-0.15, -0.1) is 0 Å². The molecule has 0 amide bonds. The fourth-order valence-corrected chi connectivity index (χ4v) is 3.85. The summed E-state index contributed by atoms with van der Waals surface area (Å²) in [7, 11) is -1.59. The van der Waals surface area contributed by atoms with Gasteiger partial charge in [0.1, 0.15) is 0 Å². The standard InChI is InChI=1S/C14H26N4O2S/c1-12(11-18-5-3-4-6-18)8-17-21(19,20)14-7-13(9-15-2)16-10-14/h7,10,12,15-17H,3-6,8-9,11H2,1-2H3. The van der Waals surface area contributed by atoms with Crippen molar-refractivity contribution in [3.05, 3.63) is 18.0 Å². The minimum atomic E-state index is -3.41. The fourth-order valence-electron chi connectivity index (χ4n) is 2.67. The van der Waals surface area contributed by atoms with Crippen LogP contribution in [0.1, 0.15) is 25.5 Å². The predicted octanol–water partition coefficient (Wildman–Crippen LogP) is 0.744. The summed E-state index contributed by atoms with van der Waals surface area (Å²) in [6.45, 7) is 6.43. The zero-order chi connectivity index (χ0) is 15.3. The Morgan fingerprint density at radius 3 is 2.76 bits per heavy atom. The fraction of sp³-hybridized carbons (Fsp3) is 0.714. The number of aromatic nitrogens is 1. The van der Waals surface area contributed by atoms with Crippen molar-refractivity contribution >= 4 is 10.0 Å². The molecule has 21 heavy (non-hydrogen) atoms. The van der Waals surface area contributed by atoms with Crippen LogP contribution in [0.2, 0.25) is 0 Å². The highest BCUT2D eigenvalue weighted by Gasteiger charge is 2.19. The Balaban J connectivity index is 1.84. The Labute approximate surface area is 127 Å². The van der Waals surface area contributed by atoms with E-state index in [1.165, 1.54) is 12.8 Å². The van der Waals surface area contributed by atoms with Gasteiger partial charge >= 0.3 is 0 Å². The molecule has 1 aromatic rings. The molecule has 2 rings (SSSR count). The van der Waals surface area contributed by atoms with Gasteiger partial charge in [-0.3, -0.25) is 0 Å². The van der Waals surface area contributed by atoms with Crippen LogP contribution in [0.25, 0.3) is 0 Å². The van der Waals surface area contributed by atoms with Gasteiger partial charge < -0.3 is 15.2 Å². The van der Waals surface area contributed by atoms with E-state index in [1.54, 1.807) is 12.3 Å². The zero-order valence-electron chi connectivity index (χ0n) is 12.9. The van der Waals surface area contributed by atoms with Crippen LogP contribution >= 0.6 is 0 Å². The van der Waals surface area contributed by atoms with Crippen molar-refractivity contribution in [3.8, 4) is 0 Å². The SMILES string of the molecule is CNCc1cc(S(=O)(=O)NCC(C)CN2CCCC2)c[nH]1. The van der Waals surface area contributed by atoms with Crippen LogP contribution in [-0.2, 0) is 16.6 Å². The number of nitrogens with one attached hydrogen (secondary N) is 3. The van der Waals surface area contributed by atoms with Gasteiger partial charge in [0.25, 0.3) is 0 Å². The van der Waals surface area contributed by atoms with Crippen LogP contribution < -0.4 is 10.0 Å². The Bertz CT molecular complexity index is 535. The lowest BCUT2D eigenvalue weighted by Gasteiger charge is -2.20. The predicted molar refractivity (Wildman–Crippen MR) is 83.6 cm³/mol. The molecule has 1 unspecified atom stereocenters. The molecule has 1 saturated heterocycles. The number of rotatable bonds is 8. The molecule has 1 aliphatic rings. The molecule has 0 aliphatic carbocycles. The average molecular weight is 314 g/mol. The molecule has 0 radical (unpaired) electrons. The lowest BCUT2D eigenvalue weighted by molar-refractivity contribution is 0.288. The molecule has 0 saturated carbocycles. The van der Waals surface area contributed by atoms with Crippen molar-refractivity contribution in [1.82, 2.24) is 19.9 Å². The minimum absolute atomic E-state index is 0.307. The maximum Gasteiger partial charge on any atom is 0.242 e. The van der Waals surface area contributed by atoms with Gasteiger partial charge in [0.05, 0.1) is 4.90 Å². The van der Waals surface area contributed by atoms with Crippen molar-refractivity contribution < 1.29 is 8.42 Å². The molecule has 6 nitrogen and oxygen atoms in total. The highest BCUT2D eigenvalue weighted by molar-refractivity contribution is 7.89. The number of likely N-dealkylation sites (tertiary alicyclic amines) is 1. The monoisotopic (exact) mass is 314 g/mol. The second-order valence-corrected chi connectivity index (χ2v) is 7.62. The zero-order valence-corrected chi connectivity index (χ0v) is 13.7. The van der Waals surface area contributed by atoms with Crippen LogP contribution in [0.5, 0.6) is 0 Å². The first-order chi connectivity index (χ1) is 10.0. The molecule has 2 heterocycles. The second kappa shape index (κ2) is 7.40. The maximum absolute atomic E-state index is 12.2. The molecule has 0 aromatic carbocycles. The summed E-state index contributed by atoms with van der Waals surface area (Å²) < 4.78 is 27.2. The highest BCUT2D eigenvalue weighted by Crippen LogP contribution is 2.12. The molecule has 1 atom stereocenters. The number of hydrogen-bond acceptors (Lipinski definition) is 4. The van der Waals surface area contributed by atoms with Crippen molar-refractivity contribution in [2.45, 2.75) is 31.2 Å². The maximum atomic E-state index is 12.2. The largest absolute Gasteiger partial charge is 0.363 e. The summed E-state index contributed by atoms with van der Waals surface area (Å²) in [5.41, 5.74) is 0.864. The number of H-pyrrole nitrogens is 1. The quantitative estimate of drug-likeness (QED) is 0.661. The lowest BCUT2D eigenvalue weighted by atomic mass is 10.2. The first kappa shape index (κ1) is 16.5. The third-order valence-corrected chi connectivity index (χ3v) is 5.19. The first-order valence-electron chi connectivity index (χ1n) is 7.55. The van der Waals surface area contributed by atoms with Crippen molar-refractivity contribution in [2.75, 3.05) is 33.2 Å². The van der Waals surface area contributed by atoms with Crippen LogP contribution in [0.3, 0.4) is 0 Å². The van der Waals surface area contributed by atoms with Crippen LogP contribution in [0, 0.1) is 5.92 Å². The van der Waals surface area contributed by atoms with E-state index in [4.69, 9.17) is 0 Å². The topological polar surface area (TPSA) is 77.2 Å². The van der Waals surface area contributed by atoms with Gasteiger partial charge in [-0.1, -0.05) is 6.92 Å². The van der Waals surface area contributed by atoms with E-state index >= 15 is 0 Å². The Hall–Kier alpha value is -0.890. The Morgan fingerprint density at radius 1 is 1.38 bits per heavy atom. The summed E-state index contributed by atoms with van der Waals surface area (Å²) in [6.07, 6.45) is 4.06. The molecule has 0 spiro atoms. The Morgan fingerprint density at radius 2 is 2.10 bits per heavy atom. The lowest BCUT2D eigenvalue weighted by Crippen LogP contribution is -2.34. The van der Waals surface area contributed by atoms with Gasteiger partial charge in [-0.05, 0) is 45.0 Å². The van der Waals surface area contributed by atoms with Crippen LogP contribution in [0.4, 0.5) is 0 Å². The summed E-state index contributed by atoms with van der Waals surface area (Å²) >= 11 is 0. The normalized spacial score (nSPS) is 18.2. The second-order valence-electron chi connectivity index (χ2n) is 5.86. The molecule has 7 heteroatoms. The van der Waals surface area contributed by atoms with E-state index in [-0.39, 0.29) is 0 Å². The summed E-state index contributed by atoms with van der Waals surface area (Å²) in [6, 6.07) is 1.67. The van der Waals surface area contributed by atoms with Crippen molar-refractivity contribution in [3.63, 3.8) is 0 Å². The molecule has 0 bridgehead atoms. The van der Waals surface area contributed by atoms with Gasteiger partial charge in [-0.25, -0.2) is 13.1 Å². The van der Waals surface area contributed by atoms with Gasteiger partial charge in [0, 0.05) is 31.5 Å². The van der Waals surface area contributed by atoms with Crippen LogP contribution in [0.15, 0.2) is 17.2 Å². The first-order valence-corrected chi connectivity index (χ1v) is 9.03. The van der Waals surface area contributed by atoms with Gasteiger partial charge in [-0.2, -0.15) is 0 Å². The number of aromatic amines is 1. The van der Waals surface area contributed by atoms with Gasteiger partial charge in [0.2, 0.25) is 10.0 Å². The Kier molecular flexibility index (Phi) is 5.80. The van der Waals surface area contributed by atoms with Crippen molar-refractivity contribution in [2.24, 2.45) is 5.92 Å². The van der Waals surface area contributed by atoms with E-state index in [2.05, 4.69) is 26.8 Å². The molecule has 1 fully saturated rings. The smallest absolute Gasteiger partial charge is 0.242 e. The van der Waals surface area contributed by atoms with Crippen molar-refractivity contribution in [1.29, 1.82) is 0 Å². The molecule has 120 valence electrons. The molecular formula is C14H26N4O2S. The van der Waals surface area contributed by atoms with Crippen LogP contribution in [-0.4, -0.2) is 51.5 Å². The van der Waals surface area contributed by atoms with E-state index in [9.17, 15) is 8.42 Å². The number of nitrogens with zero attached hydrogens (tertiary/aromatic N) is 1. The molecule has 3 N–H and O–H groups in total. The average Bonchev–Trinajstić information content (AvgIpc) is 3.09. The summed E-state index contributed by atoms with van der Waals surface area (Å²) in [4.78, 5) is 5.68. The summed E-state index contributed by atoms with van der Waals surface area (Å²) in [5, 5.41) is 2.99. The third kappa shape index (κ3) is 4.81. The van der Waals surface area contributed by atoms with E-state index in [1.807, 2.05) is 7.05 Å². The number of hydrogen-bond donors (Lipinski definition) is 3. The molecular weight excluding hydrogens is 288 g/mol. The minimum Gasteiger partial charge on any atom is -0.363 e. The number of sulfonamides is 1. The summed E-state index contributed by atoms with van der Waals surface area (Å²) in [5.74, 6) is 0.314. The van der Waals surface area contributed by atoms with E-state index < -0.39 is 10.0 Å². The van der Waals surface area contributed by atoms with E-state index in [0.717, 1.165) is 25.3 Å². The van der Waals surface area contributed by atoms with E-state index in [0.29, 0.717) is 23.9 Å². The third-order valence-electron chi connectivity index (χ3n) is 3.78. The molecule has 1 aromatic heterocycles. The highest BCUT2D eigenvalue weighted by atomic mass is 32.2. The molecule has 1 aliphatic heterocycles. The van der Waals surface area contributed by atoms with Gasteiger partial charge in [0.15, 0.2) is 0 Å².